The molecule has 0 fully saturated rings. The molecule has 0 aliphatic heterocycles. The summed E-state index contributed by atoms with van der Waals surface area (Å²) in [7, 11) is 1.86. The molecule has 0 saturated carbocycles. The van der Waals surface area contributed by atoms with Crippen molar-refractivity contribution >= 4 is 17.4 Å². The number of nitrogen functional groups attached to an aromatic ring is 1. The summed E-state index contributed by atoms with van der Waals surface area (Å²) in [5, 5.41) is 5.85. The number of carbonyl (C=O) groups is 2. The first-order chi connectivity index (χ1) is 11.1. The third kappa shape index (κ3) is 4.17. The number of nitrogens with two attached hydrogens (primary N) is 1. The molecule has 0 heterocycles. The molecule has 0 aliphatic rings. The van der Waals surface area contributed by atoms with Crippen molar-refractivity contribution in [2.75, 3.05) is 25.9 Å². The number of anilines is 1. The fraction of sp³-hybridized carbons (Fsp3) is 0.222. The molecule has 2 rings (SSSR count). The van der Waals surface area contributed by atoms with Crippen LogP contribution in [0.1, 0.15) is 32.7 Å². The number of nitrogens with one attached hydrogen (secondary N) is 2. The van der Waals surface area contributed by atoms with Crippen molar-refractivity contribution in [1.82, 2.24) is 10.6 Å². The lowest BCUT2D eigenvalue weighted by atomic mass is 9.97. The standard InChI is InChI=1S/C18H21N3O2/c1-20-11-6-12-21-18(23)14-8-3-2-7-13(14)17(22)15-9-4-5-10-16(15)19/h2-5,7-10,20H,6,11-12,19H2,1H3,(H,21,23). The largest absolute Gasteiger partial charge is 0.398 e. The van der Waals surface area contributed by atoms with E-state index in [1.807, 2.05) is 7.05 Å². The maximum Gasteiger partial charge on any atom is 0.252 e. The molecule has 2 aromatic carbocycles. The lowest BCUT2D eigenvalue weighted by Crippen LogP contribution is -2.28. The Morgan fingerprint density at radius 3 is 2.17 bits per heavy atom. The van der Waals surface area contributed by atoms with E-state index in [1.54, 1.807) is 48.5 Å². The average Bonchev–Trinajstić information content (AvgIpc) is 2.58. The second-order valence-corrected chi connectivity index (χ2v) is 5.17. The Morgan fingerprint density at radius 2 is 1.52 bits per heavy atom. The smallest absolute Gasteiger partial charge is 0.252 e. The molecule has 0 spiro atoms. The number of rotatable bonds is 7. The van der Waals surface area contributed by atoms with E-state index >= 15 is 0 Å². The molecule has 120 valence electrons. The maximum atomic E-state index is 12.7. The fourth-order valence-corrected chi connectivity index (χ4v) is 2.29. The van der Waals surface area contributed by atoms with Crippen LogP contribution in [-0.2, 0) is 0 Å². The molecule has 0 radical (unpaired) electrons. The van der Waals surface area contributed by atoms with E-state index in [-0.39, 0.29) is 11.7 Å². The minimum atomic E-state index is -0.250. The Hall–Kier alpha value is -2.66. The lowest BCUT2D eigenvalue weighted by Gasteiger charge is -2.10. The SMILES string of the molecule is CNCCCNC(=O)c1ccccc1C(=O)c1ccccc1N. The molecule has 1 amide bonds. The van der Waals surface area contributed by atoms with Crippen LogP contribution in [0.25, 0.3) is 0 Å². The molecular formula is C18H21N3O2. The second kappa shape index (κ2) is 8.10. The van der Waals surface area contributed by atoms with Gasteiger partial charge in [0.25, 0.3) is 5.91 Å². The predicted octanol–water partition coefficient (Wildman–Crippen LogP) is 1.84. The summed E-state index contributed by atoms with van der Waals surface area (Å²) in [5.74, 6) is -0.497. The molecule has 0 bridgehead atoms. The monoisotopic (exact) mass is 311 g/mol. The van der Waals surface area contributed by atoms with Gasteiger partial charge < -0.3 is 16.4 Å². The molecule has 5 heteroatoms. The van der Waals surface area contributed by atoms with Gasteiger partial charge in [-0.2, -0.15) is 0 Å². The first kappa shape index (κ1) is 16.7. The van der Waals surface area contributed by atoms with Gasteiger partial charge in [-0.25, -0.2) is 0 Å². The number of para-hydroxylation sites is 1. The summed E-state index contributed by atoms with van der Waals surface area (Å²) in [6.07, 6.45) is 0.823. The molecule has 0 aliphatic carbocycles. The molecule has 5 nitrogen and oxygen atoms in total. The van der Waals surface area contributed by atoms with Crippen molar-refractivity contribution in [3.8, 4) is 0 Å². The third-order valence-electron chi connectivity index (χ3n) is 3.51. The van der Waals surface area contributed by atoms with Gasteiger partial charge in [-0.15, -0.1) is 0 Å². The highest BCUT2D eigenvalue weighted by Gasteiger charge is 2.19. The van der Waals surface area contributed by atoms with E-state index < -0.39 is 0 Å². The van der Waals surface area contributed by atoms with Crippen molar-refractivity contribution < 1.29 is 9.59 Å². The second-order valence-electron chi connectivity index (χ2n) is 5.17. The summed E-state index contributed by atoms with van der Waals surface area (Å²) in [6.45, 7) is 1.37. The summed E-state index contributed by atoms with van der Waals surface area (Å²) in [6, 6.07) is 13.7. The lowest BCUT2D eigenvalue weighted by molar-refractivity contribution is 0.0942. The Balaban J connectivity index is 2.22. The van der Waals surface area contributed by atoms with Crippen molar-refractivity contribution in [2.24, 2.45) is 0 Å². The van der Waals surface area contributed by atoms with Crippen LogP contribution >= 0.6 is 0 Å². The van der Waals surface area contributed by atoms with Gasteiger partial charge in [0, 0.05) is 23.4 Å². The molecule has 0 unspecified atom stereocenters. The quantitative estimate of drug-likeness (QED) is 0.414. The highest BCUT2D eigenvalue weighted by Crippen LogP contribution is 2.19. The van der Waals surface area contributed by atoms with Gasteiger partial charge in [-0.3, -0.25) is 9.59 Å². The summed E-state index contributed by atoms with van der Waals surface area (Å²) >= 11 is 0. The average molecular weight is 311 g/mol. The minimum absolute atomic E-state index is 0.246. The first-order valence-electron chi connectivity index (χ1n) is 7.56. The van der Waals surface area contributed by atoms with E-state index in [0.717, 1.165) is 13.0 Å². The van der Waals surface area contributed by atoms with Crippen LogP contribution in [0, 0.1) is 0 Å². The van der Waals surface area contributed by atoms with Gasteiger partial charge in [0.1, 0.15) is 0 Å². The highest BCUT2D eigenvalue weighted by atomic mass is 16.2. The number of amides is 1. The van der Waals surface area contributed by atoms with Crippen molar-refractivity contribution in [2.45, 2.75) is 6.42 Å². The van der Waals surface area contributed by atoms with Crippen molar-refractivity contribution in [3.63, 3.8) is 0 Å². The van der Waals surface area contributed by atoms with Crippen LogP contribution in [0.3, 0.4) is 0 Å². The van der Waals surface area contributed by atoms with Crippen molar-refractivity contribution in [1.29, 1.82) is 0 Å². The van der Waals surface area contributed by atoms with Crippen LogP contribution in [0.5, 0.6) is 0 Å². The Kier molecular flexibility index (Phi) is 5.88. The molecule has 2 aromatic rings. The topological polar surface area (TPSA) is 84.2 Å². The Morgan fingerprint density at radius 1 is 0.913 bits per heavy atom. The van der Waals surface area contributed by atoms with Gasteiger partial charge in [-0.05, 0) is 38.2 Å². The Labute approximate surface area is 135 Å². The number of hydrogen-bond acceptors (Lipinski definition) is 4. The van der Waals surface area contributed by atoms with Gasteiger partial charge in [0.05, 0.1) is 5.56 Å². The molecule has 0 aromatic heterocycles. The zero-order valence-corrected chi connectivity index (χ0v) is 13.1. The highest BCUT2D eigenvalue weighted by molar-refractivity contribution is 6.17. The van der Waals surface area contributed by atoms with Gasteiger partial charge in [0.2, 0.25) is 0 Å². The van der Waals surface area contributed by atoms with E-state index in [4.69, 9.17) is 5.73 Å². The van der Waals surface area contributed by atoms with E-state index in [9.17, 15) is 9.59 Å². The number of hydrogen-bond donors (Lipinski definition) is 3. The van der Waals surface area contributed by atoms with Gasteiger partial charge in [-0.1, -0.05) is 30.3 Å². The van der Waals surface area contributed by atoms with Crippen LogP contribution in [0.4, 0.5) is 5.69 Å². The van der Waals surface area contributed by atoms with E-state index in [1.165, 1.54) is 0 Å². The molecule has 4 N–H and O–H groups in total. The minimum Gasteiger partial charge on any atom is -0.398 e. The number of ketones is 1. The van der Waals surface area contributed by atoms with Crippen LogP contribution in [-0.4, -0.2) is 31.8 Å². The molecule has 23 heavy (non-hydrogen) atoms. The Bertz CT molecular complexity index is 698. The fourth-order valence-electron chi connectivity index (χ4n) is 2.29. The van der Waals surface area contributed by atoms with E-state index in [2.05, 4.69) is 10.6 Å². The summed E-state index contributed by atoms with van der Waals surface area (Å²) in [4.78, 5) is 25.0. The predicted molar refractivity (Wildman–Crippen MR) is 91.6 cm³/mol. The summed E-state index contributed by atoms with van der Waals surface area (Å²) in [5.41, 5.74) is 7.40. The van der Waals surface area contributed by atoms with E-state index in [0.29, 0.717) is 28.9 Å². The number of benzene rings is 2. The first-order valence-corrected chi connectivity index (χ1v) is 7.56. The van der Waals surface area contributed by atoms with Crippen LogP contribution in [0.2, 0.25) is 0 Å². The number of carbonyl (C=O) groups excluding carboxylic acids is 2. The molecule has 0 saturated heterocycles. The normalized spacial score (nSPS) is 10.3. The molecule has 0 atom stereocenters. The zero-order chi connectivity index (χ0) is 16.7. The van der Waals surface area contributed by atoms with Gasteiger partial charge in [0.15, 0.2) is 5.78 Å². The van der Waals surface area contributed by atoms with Crippen molar-refractivity contribution in [3.05, 3.63) is 65.2 Å². The van der Waals surface area contributed by atoms with Gasteiger partial charge >= 0.3 is 0 Å². The van der Waals surface area contributed by atoms with Crippen LogP contribution < -0.4 is 16.4 Å². The maximum absolute atomic E-state index is 12.7. The molecular weight excluding hydrogens is 290 g/mol. The third-order valence-corrected chi connectivity index (χ3v) is 3.51. The zero-order valence-electron chi connectivity index (χ0n) is 13.1. The summed E-state index contributed by atoms with van der Waals surface area (Å²) < 4.78 is 0. The van der Waals surface area contributed by atoms with Crippen LogP contribution in [0.15, 0.2) is 48.5 Å².